The van der Waals surface area contributed by atoms with Crippen LogP contribution in [-0.2, 0) is 9.53 Å². The molecular weight excluding hydrogens is 168 g/mol. The van der Waals surface area contributed by atoms with Gasteiger partial charge in [-0.3, -0.25) is 4.79 Å². The first-order valence-electron chi connectivity index (χ1n) is 4.90. The van der Waals surface area contributed by atoms with Crippen LogP contribution in [0.3, 0.4) is 0 Å². The topological polar surface area (TPSA) is 46.5 Å². The summed E-state index contributed by atoms with van der Waals surface area (Å²) in [6.07, 6.45) is 5.76. The molecule has 0 radical (unpaired) electrons. The average molecular weight is 186 g/mol. The molecule has 0 spiro atoms. The normalized spacial score (nSPS) is 21.1. The molecule has 3 heteroatoms. The van der Waals surface area contributed by atoms with Gasteiger partial charge in [-0.25, -0.2) is 0 Å². The van der Waals surface area contributed by atoms with E-state index in [-0.39, 0.29) is 18.0 Å². The Bertz CT molecular complexity index is 171. The zero-order valence-electron chi connectivity index (χ0n) is 8.21. The maximum atomic E-state index is 11.1. The molecular formula is C10H18O3. The molecule has 0 aromatic heterocycles. The van der Waals surface area contributed by atoms with Crippen molar-refractivity contribution in [1.82, 2.24) is 0 Å². The number of methoxy groups -OCH3 is 1. The fraction of sp³-hybridized carbons (Fsp3) is 0.900. The molecule has 1 aliphatic carbocycles. The number of carbonyl (C=O) groups is 1. The summed E-state index contributed by atoms with van der Waals surface area (Å²) in [6, 6.07) is 0. The largest absolute Gasteiger partial charge is 0.469 e. The minimum atomic E-state index is -0.198. The summed E-state index contributed by atoms with van der Waals surface area (Å²) in [6.45, 7) is 0.113. The van der Waals surface area contributed by atoms with Crippen LogP contribution in [0.15, 0.2) is 0 Å². The maximum Gasteiger partial charge on any atom is 0.306 e. The Balaban J connectivity index is 2.52. The molecule has 13 heavy (non-hydrogen) atoms. The van der Waals surface area contributed by atoms with Crippen LogP contribution in [0.5, 0.6) is 0 Å². The molecule has 1 rings (SSSR count). The number of carbonyl (C=O) groups excluding carboxylic acids is 1. The van der Waals surface area contributed by atoms with Gasteiger partial charge in [-0.15, -0.1) is 0 Å². The van der Waals surface area contributed by atoms with Crippen molar-refractivity contribution >= 4 is 5.97 Å². The van der Waals surface area contributed by atoms with Gasteiger partial charge >= 0.3 is 5.97 Å². The predicted octanol–water partition coefficient (Wildman–Crippen LogP) is 1.49. The molecule has 0 saturated heterocycles. The van der Waals surface area contributed by atoms with Gasteiger partial charge in [-0.2, -0.15) is 0 Å². The van der Waals surface area contributed by atoms with Crippen LogP contribution in [0, 0.1) is 5.41 Å². The minimum absolute atomic E-state index is 0.113. The van der Waals surface area contributed by atoms with Gasteiger partial charge in [0.05, 0.1) is 13.5 Å². The molecule has 0 atom stereocenters. The third kappa shape index (κ3) is 2.69. The second kappa shape index (κ2) is 4.61. The van der Waals surface area contributed by atoms with E-state index >= 15 is 0 Å². The first kappa shape index (κ1) is 10.5. The smallest absolute Gasteiger partial charge is 0.306 e. The third-order valence-electron chi connectivity index (χ3n) is 3.00. The highest BCUT2D eigenvalue weighted by Crippen LogP contribution is 2.38. The van der Waals surface area contributed by atoms with Gasteiger partial charge in [0, 0.05) is 12.0 Å². The highest BCUT2D eigenvalue weighted by molar-refractivity contribution is 5.70. The Morgan fingerprint density at radius 2 is 2.00 bits per heavy atom. The quantitative estimate of drug-likeness (QED) is 0.679. The second-order valence-corrected chi connectivity index (χ2v) is 3.97. The number of esters is 1. The fourth-order valence-corrected chi connectivity index (χ4v) is 2.07. The van der Waals surface area contributed by atoms with Gasteiger partial charge in [-0.1, -0.05) is 19.3 Å². The van der Waals surface area contributed by atoms with Gasteiger partial charge in [-0.05, 0) is 12.8 Å². The Kier molecular flexibility index (Phi) is 3.72. The molecule has 0 heterocycles. The highest BCUT2D eigenvalue weighted by atomic mass is 16.5. The molecule has 0 bridgehead atoms. The molecule has 3 nitrogen and oxygen atoms in total. The standard InChI is InChI=1S/C10H18O3/c1-13-9(12)7-10(8-11)5-3-2-4-6-10/h11H,2-8H2,1H3. The molecule has 1 saturated carbocycles. The van der Waals surface area contributed by atoms with Crippen LogP contribution in [-0.4, -0.2) is 24.8 Å². The van der Waals surface area contributed by atoms with E-state index in [9.17, 15) is 9.90 Å². The lowest BCUT2D eigenvalue weighted by atomic mass is 9.72. The minimum Gasteiger partial charge on any atom is -0.469 e. The lowest BCUT2D eigenvalue weighted by Gasteiger charge is -2.34. The van der Waals surface area contributed by atoms with Crippen LogP contribution < -0.4 is 0 Å². The van der Waals surface area contributed by atoms with Crippen molar-refractivity contribution in [1.29, 1.82) is 0 Å². The molecule has 0 unspecified atom stereocenters. The first-order valence-corrected chi connectivity index (χ1v) is 4.90. The zero-order valence-corrected chi connectivity index (χ0v) is 8.21. The van der Waals surface area contributed by atoms with E-state index in [0.29, 0.717) is 6.42 Å². The van der Waals surface area contributed by atoms with Crippen molar-refractivity contribution in [2.75, 3.05) is 13.7 Å². The number of aliphatic hydroxyl groups excluding tert-OH is 1. The summed E-state index contributed by atoms with van der Waals surface area (Å²) in [5, 5.41) is 9.28. The summed E-state index contributed by atoms with van der Waals surface area (Å²) in [4.78, 5) is 11.1. The lowest BCUT2D eigenvalue weighted by molar-refractivity contribution is -0.145. The van der Waals surface area contributed by atoms with E-state index in [0.717, 1.165) is 25.7 Å². The Morgan fingerprint density at radius 3 is 2.46 bits per heavy atom. The van der Waals surface area contributed by atoms with Crippen molar-refractivity contribution < 1.29 is 14.6 Å². The Hall–Kier alpha value is -0.570. The fourth-order valence-electron chi connectivity index (χ4n) is 2.07. The van der Waals surface area contributed by atoms with Crippen LogP contribution >= 0.6 is 0 Å². The summed E-state index contributed by atoms with van der Waals surface area (Å²) in [5.41, 5.74) is -0.175. The summed E-state index contributed by atoms with van der Waals surface area (Å²) in [7, 11) is 1.40. The van der Waals surface area contributed by atoms with Gasteiger partial charge in [0.15, 0.2) is 0 Å². The Morgan fingerprint density at radius 1 is 1.38 bits per heavy atom. The third-order valence-corrected chi connectivity index (χ3v) is 3.00. The van der Waals surface area contributed by atoms with Crippen molar-refractivity contribution in [2.24, 2.45) is 5.41 Å². The van der Waals surface area contributed by atoms with Crippen molar-refractivity contribution in [3.05, 3.63) is 0 Å². The van der Waals surface area contributed by atoms with E-state index in [1.54, 1.807) is 0 Å². The SMILES string of the molecule is COC(=O)CC1(CO)CCCCC1. The maximum absolute atomic E-state index is 11.1. The number of rotatable bonds is 3. The van der Waals surface area contributed by atoms with Crippen molar-refractivity contribution in [3.63, 3.8) is 0 Å². The second-order valence-electron chi connectivity index (χ2n) is 3.97. The number of ether oxygens (including phenoxy) is 1. The predicted molar refractivity (Wildman–Crippen MR) is 49.2 cm³/mol. The summed E-state index contributed by atoms with van der Waals surface area (Å²) < 4.78 is 4.63. The van der Waals surface area contributed by atoms with Gasteiger partial charge in [0.25, 0.3) is 0 Å². The molecule has 0 aliphatic heterocycles. The molecule has 1 aliphatic rings. The molecule has 0 aromatic rings. The van der Waals surface area contributed by atoms with Crippen molar-refractivity contribution in [2.45, 2.75) is 38.5 Å². The number of hydrogen-bond acceptors (Lipinski definition) is 3. The van der Waals surface area contributed by atoms with E-state index < -0.39 is 0 Å². The molecule has 0 aromatic carbocycles. The average Bonchev–Trinajstić information content (AvgIpc) is 2.19. The Labute approximate surface area is 79.1 Å². The monoisotopic (exact) mass is 186 g/mol. The van der Waals surface area contributed by atoms with Crippen LogP contribution in [0.4, 0.5) is 0 Å². The molecule has 76 valence electrons. The van der Waals surface area contributed by atoms with Gasteiger partial charge in [0.1, 0.15) is 0 Å². The van der Waals surface area contributed by atoms with Gasteiger partial charge in [0.2, 0.25) is 0 Å². The van der Waals surface area contributed by atoms with E-state index in [1.165, 1.54) is 13.5 Å². The lowest BCUT2D eigenvalue weighted by Crippen LogP contribution is -2.31. The van der Waals surface area contributed by atoms with E-state index in [2.05, 4.69) is 4.74 Å². The molecule has 1 N–H and O–H groups in total. The number of hydrogen-bond donors (Lipinski definition) is 1. The van der Waals surface area contributed by atoms with Crippen molar-refractivity contribution in [3.8, 4) is 0 Å². The highest BCUT2D eigenvalue weighted by Gasteiger charge is 2.33. The van der Waals surface area contributed by atoms with E-state index in [1.807, 2.05) is 0 Å². The van der Waals surface area contributed by atoms with Crippen LogP contribution in [0.1, 0.15) is 38.5 Å². The van der Waals surface area contributed by atoms with Gasteiger partial charge < -0.3 is 9.84 Å². The molecule has 1 fully saturated rings. The van der Waals surface area contributed by atoms with E-state index in [4.69, 9.17) is 0 Å². The van der Waals surface area contributed by atoms with Crippen LogP contribution in [0.25, 0.3) is 0 Å². The van der Waals surface area contributed by atoms with Crippen LogP contribution in [0.2, 0.25) is 0 Å². The zero-order chi connectivity index (χ0) is 9.73. The summed E-state index contributed by atoms with van der Waals surface area (Å²) >= 11 is 0. The molecule has 0 amide bonds. The first-order chi connectivity index (χ1) is 6.22. The summed E-state index contributed by atoms with van der Waals surface area (Å²) in [5.74, 6) is -0.198. The number of aliphatic hydroxyl groups is 1.